The van der Waals surface area contributed by atoms with Gasteiger partial charge in [0.05, 0.1) is 0 Å². The highest BCUT2D eigenvalue weighted by molar-refractivity contribution is 6.01. The predicted molar refractivity (Wildman–Crippen MR) is 103 cm³/mol. The van der Waals surface area contributed by atoms with Crippen molar-refractivity contribution in [1.29, 1.82) is 5.41 Å². The van der Waals surface area contributed by atoms with Crippen molar-refractivity contribution in [3.8, 4) is 5.75 Å². The first kappa shape index (κ1) is 17.6. The Balaban J connectivity index is 1.62. The summed E-state index contributed by atoms with van der Waals surface area (Å²) >= 11 is 0. The van der Waals surface area contributed by atoms with Crippen molar-refractivity contribution < 1.29 is 9.53 Å². The number of hydrogen-bond acceptors (Lipinski definition) is 4. The first-order valence-corrected chi connectivity index (χ1v) is 8.47. The van der Waals surface area contributed by atoms with Gasteiger partial charge in [0.2, 0.25) is 0 Å². The highest BCUT2D eigenvalue weighted by Crippen LogP contribution is 2.27. The fourth-order valence-electron chi connectivity index (χ4n) is 2.77. The summed E-state index contributed by atoms with van der Waals surface area (Å²) < 4.78 is 5.78. The van der Waals surface area contributed by atoms with Gasteiger partial charge in [-0.25, -0.2) is 0 Å². The molecule has 0 fully saturated rings. The van der Waals surface area contributed by atoms with E-state index in [0.29, 0.717) is 12.3 Å². The highest BCUT2D eigenvalue weighted by atomic mass is 16.5. The van der Waals surface area contributed by atoms with Crippen LogP contribution in [0.5, 0.6) is 5.75 Å². The molecule has 0 unspecified atom stereocenters. The van der Waals surface area contributed by atoms with Crippen LogP contribution in [0.4, 0.5) is 0 Å². The summed E-state index contributed by atoms with van der Waals surface area (Å²) in [6.07, 6.45) is 5.61. The molecule has 3 rings (SSSR count). The van der Waals surface area contributed by atoms with Crippen molar-refractivity contribution in [3.63, 3.8) is 0 Å². The summed E-state index contributed by atoms with van der Waals surface area (Å²) in [5, 5.41) is 9.36. The lowest BCUT2D eigenvalue weighted by Gasteiger charge is -2.18. The van der Waals surface area contributed by atoms with E-state index in [9.17, 15) is 4.79 Å². The summed E-state index contributed by atoms with van der Waals surface area (Å²) in [6, 6.07) is 15.3. The number of nitrogens with one attached hydrogen (secondary N) is 1. The molecule has 0 atom stereocenters. The number of fused-ring (bicyclic) bond motifs is 1. The number of nitrogens with zero attached hydrogens (tertiary/aromatic N) is 2. The molecule has 0 bridgehead atoms. The van der Waals surface area contributed by atoms with Gasteiger partial charge >= 0.3 is 0 Å². The SMILES string of the molecule is CN(CCc1ccncc1)C(=O)COc1ccc(C=N)c2ccccc12. The Kier molecular flexibility index (Phi) is 5.59. The molecule has 2 aromatic carbocycles. The summed E-state index contributed by atoms with van der Waals surface area (Å²) in [4.78, 5) is 18.0. The van der Waals surface area contributed by atoms with Crippen LogP contribution in [0.25, 0.3) is 10.8 Å². The number of likely N-dealkylation sites (N-methyl/N-ethyl adjacent to an activating group) is 1. The van der Waals surface area contributed by atoms with Crippen molar-refractivity contribution in [1.82, 2.24) is 9.88 Å². The van der Waals surface area contributed by atoms with Crippen LogP contribution in [-0.2, 0) is 11.2 Å². The topological polar surface area (TPSA) is 66.3 Å². The summed E-state index contributed by atoms with van der Waals surface area (Å²) in [6.45, 7) is 0.612. The van der Waals surface area contributed by atoms with Crippen molar-refractivity contribution in [2.24, 2.45) is 0 Å². The molecule has 0 saturated heterocycles. The number of amides is 1. The van der Waals surface area contributed by atoms with Crippen molar-refractivity contribution in [2.45, 2.75) is 6.42 Å². The molecule has 0 aliphatic carbocycles. The lowest BCUT2D eigenvalue weighted by Crippen LogP contribution is -2.33. The summed E-state index contributed by atoms with van der Waals surface area (Å²) in [7, 11) is 1.78. The third-order valence-corrected chi connectivity index (χ3v) is 4.34. The quantitative estimate of drug-likeness (QED) is 0.667. The van der Waals surface area contributed by atoms with Gasteiger partial charge in [0.1, 0.15) is 5.75 Å². The van der Waals surface area contributed by atoms with E-state index in [4.69, 9.17) is 10.1 Å². The van der Waals surface area contributed by atoms with Crippen LogP contribution >= 0.6 is 0 Å². The van der Waals surface area contributed by atoms with Crippen molar-refractivity contribution >= 4 is 22.9 Å². The molecule has 0 spiro atoms. The van der Waals surface area contributed by atoms with Crippen LogP contribution in [0.3, 0.4) is 0 Å². The van der Waals surface area contributed by atoms with Gasteiger partial charge < -0.3 is 15.0 Å². The number of aromatic nitrogens is 1. The number of rotatable bonds is 7. The highest BCUT2D eigenvalue weighted by Gasteiger charge is 2.11. The van der Waals surface area contributed by atoms with Crippen LogP contribution in [0.1, 0.15) is 11.1 Å². The van der Waals surface area contributed by atoms with Crippen LogP contribution in [-0.4, -0.2) is 42.2 Å². The molecule has 1 amide bonds. The normalized spacial score (nSPS) is 10.5. The van der Waals surface area contributed by atoms with Gasteiger partial charge in [-0.1, -0.05) is 24.3 Å². The zero-order valence-electron chi connectivity index (χ0n) is 14.7. The maximum absolute atomic E-state index is 12.3. The Morgan fingerprint density at radius 1 is 1.12 bits per heavy atom. The Hall–Kier alpha value is -3.21. The molecule has 132 valence electrons. The largest absolute Gasteiger partial charge is 0.483 e. The molecule has 1 heterocycles. The van der Waals surface area contributed by atoms with Crippen molar-refractivity contribution in [3.05, 3.63) is 72.1 Å². The predicted octanol–water partition coefficient (Wildman–Crippen LogP) is 3.31. The van der Waals surface area contributed by atoms with Gasteiger partial charge in [-0.15, -0.1) is 0 Å². The van der Waals surface area contributed by atoms with E-state index >= 15 is 0 Å². The molecule has 0 radical (unpaired) electrons. The van der Waals surface area contributed by atoms with Gasteiger partial charge in [-0.2, -0.15) is 0 Å². The molecule has 0 saturated carbocycles. The van der Waals surface area contributed by atoms with E-state index in [0.717, 1.165) is 28.3 Å². The van der Waals surface area contributed by atoms with Gasteiger partial charge in [0, 0.05) is 43.2 Å². The minimum Gasteiger partial charge on any atom is -0.483 e. The summed E-state index contributed by atoms with van der Waals surface area (Å²) in [5.41, 5.74) is 1.97. The van der Waals surface area contributed by atoms with Gasteiger partial charge in [-0.05, 0) is 41.6 Å². The molecule has 1 aromatic heterocycles. The van der Waals surface area contributed by atoms with E-state index in [1.54, 1.807) is 24.3 Å². The van der Waals surface area contributed by atoms with E-state index in [-0.39, 0.29) is 12.5 Å². The molecule has 5 nitrogen and oxygen atoms in total. The number of hydrogen-bond donors (Lipinski definition) is 1. The first-order valence-electron chi connectivity index (χ1n) is 8.47. The number of carbonyl (C=O) groups is 1. The van der Waals surface area contributed by atoms with Gasteiger partial charge in [0.25, 0.3) is 5.91 Å². The molecule has 1 N–H and O–H groups in total. The molecule has 3 aromatic rings. The van der Waals surface area contributed by atoms with Crippen LogP contribution < -0.4 is 4.74 Å². The number of ether oxygens (including phenoxy) is 1. The third kappa shape index (κ3) is 4.06. The average molecular weight is 347 g/mol. The van der Waals surface area contributed by atoms with Crippen LogP contribution in [0.15, 0.2) is 60.9 Å². The maximum Gasteiger partial charge on any atom is 0.260 e. The van der Waals surface area contributed by atoms with Gasteiger partial charge in [0.15, 0.2) is 6.61 Å². The minimum atomic E-state index is -0.0701. The van der Waals surface area contributed by atoms with Crippen LogP contribution in [0.2, 0.25) is 0 Å². The van der Waals surface area contributed by atoms with Crippen molar-refractivity contribution in [2.75, 3.05) is 20.2 Å². The molecular weight excluding hydrogens is 326 g/mol. The Bertz CT molecular complexity index is 910. The standard InChI is InChI=1S/C21H21N3O2/c1-24(13-10-16-8-11-23-12-9-16)21(25)15-26-20-7-6-17(14-22)18-4-2-3-5-19(18)20/h2-9,11-12,14,22H,10,13,15H2,1H3. The second-order valence-corrected chi connectivity index (χ2v) is 6.05. The Labute approximate surface area is 152 Å². The smallest absolute Gasteiger partial charge is 0.260 e. The number of pyridine rings is 1. The lowest BCUT2D eigenvalue weighted by atomic mass is 10.0. The molecular formula is C21H21N3O2. The number of benzene rings is 2. The van der Waals surface area contributed by atoms with E-state index in [1.165, 1.54) is 6.21 Å². The average Bonchev–Trinajstić information content (AvgIpc) is 2.70. The molecule has 26 heavy (non-hydrogen) atoms. The second-order valence-electron chi connectivity index (χ2n) is 6.05. The van der Waals surface area contributed by atoms with Gasteiger partial charge in [-0.3, -0.25) is 9.78 Å². The third-order valence-electron chi connectivity index (χ3n) is 4.34. The van der Waals surface area contributed by atoms with E-state index < -0.39 is 0 Å². The summed E-state index contributed by atoms with van der Waals surface area (Å²) in [5.74, 6) is 0.585. The fourth-order valence-corrected chi connectivity index (χ4v) is 2.77. The zero-order valence-corrected chi connectivity index (χ0v) is 14.7. The second kappa shape index (κ2) is 8.25. The van der Waals surface area contributed by atoms with Crippen LogP contribution in [0, 0.1) is 5.41 Å². The molecule has 5 heteroatoms. The first-order chi connectivity index (χ1) is 12.7. The van der Waals surface area contributed by atoms with E-state index in [1.807, 2.05) is 48.5 Å². The monoisotopic (exact) mass is 347 g/mol. The zero-order chi connectivity index (χ0) is 18.4. The van der Waals surface area contributed by atoms with E-state index in [2.05, 4.69) is 4.98 Å². The Morgan fingerprint density at radius 3 is 2.58 bits per heavy atom. The molecule has 0 aliphatic heterocycles. The molecule has 0 aliphatic rings. The lowest BCUT2D eigenvalue weighted by molar-refractivity contribution is -0.132. The number of carbonyl (C=O) groups excluding carboxylic acids is 1. The Morgan fingerprint density at radius 2 is 1.85 bits per heavy atom. The minimum absolute atomic E-state index is 0.0131. The fraction of sp³-hybridized carbons (Fsp3) is 0.190. The maximum atomic E-state index is 12.3.